The van der Waals surface area contributed by atoms with Gasteiger partial charge >= 0.3 is 6.01 Å². The Balaban J connectivity index is 1.23. The molecule has 1 saturated carbocycles. The maximum atomic E-state index is 16.7. The molecule has 9 heteroatoms. The predicted octanol–water partition coefficient (Wildman–Crippen LogP) is 7.49. The van der Waals surface area contributed by atoms with Crippen molar-refractivity contribution in [2.75, 3.05) is 37.0 Å². The number of aromatic nitrogens is 3. The van der Waals surface area contributed by atoms with Gasteiger partial charge in [-0.2, -0.15) is 9.97 Å². The molecule has 0 N–H and O–H groups in total. The van der Waals surface area contributed by atoms with Crippen LogP contribution < -0.4 is 9.64 Å². The van der Waals surface area contributed by atoms with Gasteiger partial charge in [-0.05, 0) is 74.8 Å². The molecule has 0 spiro atoms. The molecule has 3 saturated heterocycles. The lowest BCUT2D eigenvalue weighted by Crippen LogP contribution is -2.47. The van der Waals surface area contributed by atoms with Crippen molar-refractivity contribution in [3.05, 3.63) is 53.4 Å². The van der Waals surface area contributed by atoms with Gasteiger partial charge in [-0.1, -0.05) is 41.9 Å². The van der Waals surface area contributed by atoms with E-state index in [0.29, 0.717) is 46.3 Å². The van der Waals surface area contributed by atoms with Crippen molar-refractivity contribution in [1.82, 2.24) is 19.9 Å². The van der Waals surface area contributed by atoms with Crippen molar-refractivity contribution >= 4 is 50.7 Å². The summed E-state index contributed by atoms with van der Waals surface area (Å²) in [5.74, 6) is 2.17. The molecule has 42 heavy (non-hydrogen) atoms. The maximum absolute atomic E-state index is 16.7. The van der Waals surface area contributed by atoms with Gasteiger partial charge in [-0.25, -0.2) is 4.39 Å². The molecule has 0 radical (unpaired) electrons. The Morgan fingerprint density at radius 3 is 2.64 bits per heavy atom. The number of rotatable bonds is 6. The van der Waals surface area contributed by atoms with Gasteiger partial charge < -0.3 is 9.64 Å². The molecule has 4 aromatic rings. The molecule has 2 aromatic carbocycles. The van der Waals surface area contributed by atoms with Crippen LogP contribution in [-0.4, -0.2) is 63.6 Å². The molecular weight excluding hydrogens is 572 g/mol. The number of anilines is 1. The molecule has 0 amide bonds. The highest BCUT2D eigenvalue weighted by Gasteiger charge is 2.49. The van der Waals surface area contributed by atoms with Crippen LogP contribution in [0.3, 0.4) is 0 Å². The van der Waals surface area contributed by atoms with Crippen molar-refractivity contribution in [3.8, 4) is 17.3 Å². The zero-order valence-corrected chi connectivity index (χ0v) is 25.0. The molecule has 4 unspecified atom stereocenters. The van der Waals surface area contributed by atoms with E-state index in [4.69, 9.17) is 37.9 Å². The Labute approximate surface area is 255 Å². The molecule has 6 nitrogen and oxygen atoms in total. The first kappa shape index (κ1) is 26.9. The standard InChI is InChI=1S/C33H34Cl2FN5O/c34-15-23-10-12-33(11-3-13-41(23)33)19-42-32-38-30-25(31(39-32)40-17-20-8-9-21(14-20)18-40)16-37-29(28(30)36)24-6-1-4-22-5-2-7-26(35)27(22)24/h1-2,4-7,16,20-21,23H,3,8-15,17-19H2. The Morgan fingerprint density at radius 2 is 1.83 bits per heavy atom. The molecular formula is C33H34Cl2FN5O. The normalized spacial score (nSPS) is 27.3. The number of ether oxygens (including phenoxy) is 1. The smallest absolute Gasteiger partial charge is 0.319 e. The second-order valence-electron chi connectivity index (χ2n) is 12.8. The van der Waals surface area contributed by atoms with E-state index >= 15 is 4.39 Å². The van der Waals surface area contributed by atoms with Crippen molar-refractivity contribution in [3.63, 3.8) is 0 Å². The van der Waals surface area contributed by atoms with Crippen LogP contribution >= 0.6 is 23.2 Å². The fraction of sp³-hybridized carbons (Fsp3) is 0.485. The van der Waals surface area contributed by atoms with Crippen LogP contribution in [0, 0.1) is 17.7 Å². The van der Waals surface area contributed by atoms with E-state index in [1.165, 1.54) is 19.3 Å². The fourth-order valence-corrected chi connectivity index (χ4v) is 8.97. The van der Waals surface area contributed by atoms with E-state index in [1.807, 2.05) is 36.4 Å². The lowest BCUT2D eigenvalue weighted by atomic mass is 9.95. The largest absolute Gasteiger partial charge is 0.461 e. The average molecular weight is 607 g/mol. The van der Waals surface area contributed by atoms with Crippen molar-refractivity contribution in [1.29, 1.82) is 0 Å². The second-order valence-corrected chi connectivity index (χ2v) is 13.5. The van der Waals surface area contributed by atoms with Crippen LogP contribution in [0.25, 0.3) is 32.9 Å². The van der Waals surface area contributed by atoms with E-state index in [1.54, 1.807) is 6.20 Å². The third kappa shape index (κ3) is 4.34. The minimum absolute atomic E-state index is 0.0517. The van der Waals surface area contributed by atoms with Gasteiger partial charge in [0.15, 0.2) is 5.82 Å². The average Bonchev–Trinajstić information content (AvgIpc) is 3.68. The van der Waals surface area contributed by atoms with Crippen molar-refractivity contribution in [2.45, 2.75) is 56.5 Å². The number of alkyl halides is 1. The Hall–Kier alpha value is -2.74. The molecule has 4 aliphatic rings. The van der Waals surface area contributed by atoms with E-state index in [2.05, 4.69) is 14.8 Å². The Morgan fingerprint density at radius 1 is 1.02 bits per heavy atom. The van der Waals surface area contributed by atoms with Crippen LogP contribution in [0.15, 0.2) is 42.6 Å². The Bertz CT molecular complexity index is 1670. The minimum atomic E-state index is -0.475. The molecule has 4 fully saturated rings. The molecule has 5 heterocycles. The number of pyridine rings is 1. The fourth-order valence-electron chi connectivity index (χ4n) is 8.36. The van der Waals surface area contributed by atoms with Crippen molar-refractivity contribution < 1.29 is 9.13 Å². The highest BCUT2D eigenvalue weighted by molar-refractivity contribution is 6.36. The maximum Gasteiger partial charge on any atom is 0.319 e. The van der Waals surface area contributed by atoms with Gasteiger partial charge in [0, 0.05) is 47.2 Å². The SMILES string of the molecule is Fc1c(-c2cccc3cccc(Cl)c23)ncc2c(N3CC4CCC(C4)C3)nc(OCC34CCCN3C(CCl)CC4)nc12. The van der Waals surface area contributed by atoms with Crippen LogP contribution in [-0.2, 0) is 0 Å². The number of hydrogen-bond donors (Lipinski definition) is 0. The minimum Gasteiger partial charge on any atom is -0.461 e. The van der Waals surface area contributed by atoms with Crippen LogP contribution in [0.4, 0.5) is 10.2 Å². The van der Waals surface area contributed by atoms with Gasteiger partial charge in [0.2, 0.25) is 0 Å². The molecule has 4 atom stereocenters. The lowest BCUT2D eigenvalue weighted by Gasteiger charge is -2.35. The second kappa shape index (κ2) is 10.5. The topological polar surface area (TPSA) is 54.4 Å². The zero-order valence-electron chi connectivity index (χ0n) is 23.5. The predicted molar refractivity (Wildman–Crippen MR) is 166 cm³/mol. The highest BCUT2D eigenvalue weighted by Crippen LogP contribution is 2.44. The summed E-state index contributed by atoms with van der Waals surface area (Å²) in [4.78, 5) is 19.2. The van der Waals surface area contributed by atoms with E-state index in [-0.39, 0.29) is 22.8 Å². The summed E-state index contributed by atoms with van der Waals surface area (Å²) in [5.41, 5.74) is 1.07. The number of benzene rings is 2. The third-order valence-corrected chi connectivity index (χ3v) is 11.0. The van der Waals surface area contributed by atoms with Gasteiger partial charge in [0.25, 0.3) is 0 Å². The summed E-state index contributed by atoms with van der Waals surface area (Å²) in [6.07, 6.45) is 9.81. The molecule has 2 bridgehead atoms. The number of hydrogen-bond acceptors (Lipinski definition) is 6. The zero-order chi connectivity index (χ0) is 28.4. The summed E-state index contributed by atoms with van der Waals surface area (Å²) in [5, 5.41) is 2.90. The van der Waals surface area contributed by atoms with Gasteiger partial charge in [0.05, 0.1) is 10.9 Å². The highest BCUT2D eigenvalue weighted by atomic mass is 35.5. The quantitative estimate of drug-likeness (QED) is 0.212. The summed E-state index contributed by atoms with van der Waals surface area (Å²) in [6, 6.07) is 12.1. The van der Waals surface area contributed by atoms with Crippen LogP contribution in [0.2, 0.25) is 5.02 Å². The van der Waals surface area contributed by atoms with E-state index < -0.39 is 5.82 Å². The van der Waals surface area contributed by atoms with Crippen LogP contribution in [0.5, 0.6) is 6.01 Å². The summed E-state index contributed by atoms with van der Waals surface area (Å²) in [7, 11) is 0. The van der Waals surface area contributed by atoms with E-state index in [9.17, 15) is 0 Å². The van der Waals surface area contributed by atoms with E-state index in [0.717, 1.165) is 61.9 Å². The first-order chi connectivity index (χ1) is 20.5. The summed E-state index contributed by atoms with van der Waals surface area (Å²) >= 11 is 12.9. The Kier molecular flexibility index (Phi) is 6.69. The lowest BCUT2D eigenvalue weighted by molar-refractivity contribution is 0.0896. The molecule has 3 aliphatic heterocycles. The molecule has 218 valence electrons. The van der Waals surface area contributed by atoms with Crippen molar-refractivity contribution in [2.24, 2.45) is 11.8 Å². The first-order valence-electron chi connectivity index (χ1n) is 15.3. The van der Waals surface area contributed by atoms with Crippen LogP contribution in [0.1, 0.15) is 44.9 Å². The molecule has 1 aliphatic carbocycles. The number of halogens is 3. The summed E-state index contributed by atoms with van der Waals surface area (Å²) < 4.78 is 23.1. The van der Waals surface area contributed by atoms with Gasteiger partial charge in [-0.15, -0.1) is 11.6 Å². The number of piperidine rings is 1. The van der Waals surface area contributed by atoms with Gasteiger partial charge in [-0.3, -0.25) is 9.88 Å². The molecule has 8 rings (SSSR count). The molecule has 2 aromatic heterocycles. The number of nitrogens with zero attached hydrogens (tertiary/aromatic N) is 5. The first-order valence-corrected chi connectivity index (χ1v) is 16.2. The summed E-state index contributed by atoms with van der Waals surface area (Å²) in [6.45, 7) is 3.35. The van der Waals surface area contributed by atoms with Gasteiger partial charge in [0.1, 0.15) is 23.6 Å². The number of fused-ring (bicyclic) bond motifs is 5. The monoisotopic (exact) mass is 605 g/mol. The third-order valence-electron chi connectivity index (χ3n) is 10.3.